The van der Waals surface area contributed by atoms with Gasteiger partial charge < -0.3 is 9.47 Å². The molecule has 0 radical (unpaired) electrons. The highest BCUT2D eigenvalue weighted by atomic mass is 16.5. The smallest absolute Gasteiger partial charge is 0.384 e. The molecule has 0 aromatic heterocycles. The minimum atomic E-state index is -0.516. The monoisotopic (exact) mass is 232 g/mol. The summed E-state index contributed by atoms with van der Waals surface area (Å²) < 4.78 is 10.3. The number of para-hydroxylation sites is 1. The third-order valence-electron chi connectivity index (χ3n) is 1.92. The molecule has 0 atom stereocenters. The van der Waals surface area contributed by atoms with Crippen molar-refractivity contribution in [1.82, 2.24) is 0 Å². The van der Waals surface area contributed by atoms with E-state index in [1.54, 1.807) is 6.92 Å². The van der Waals surface area contributed by atoms with Crippen LogP contribution in [-0.2, 0) is 9.53 Å². The van der Waals surface area contributed by atoms with Gasteiger partial charge in [0.2, 0.25) is 0 Å². The molecule has 0 heterocycles. The van der Waals surface area contributed by atoms with Crippen LogP contribution in [-0.4, -0.2) is 19.2 Å². The lowest BCUT2D eigenvalue weighted by molar-refractivity contribution is -0.136. The van der Waals surface area contributed by atoms with Crippen LogP contribution in [0.15, 0.2) is 24.3 Å². The summed E-state index contributed by atoms with van der Waals surface area (Å²) in [5, 5.41) is 0. The van der Waals surface area contributed by atoms with Gasteiger partial charge in [0, 0.05) is 5.92 Å². The summed E-state index contributed by atoms with van der Waals surface area (Å²) in [5.41, 5.74) is 0.703. The summed E-state index contributed by atoms with van der Waals surface area (Å²) in [7, 11) is 0. The van der Waals surface area contributed by atoms with E-state index in [0.29, 0.717) is 24.5 Å². The van der Waals surface area contributed by atoms with Crippen molar-refractivity contribution < 1.29 is 14.3 Å². The highest BCUT2D eigenvalue weighted by Crippen LogP contribution is 2.16. The van der Waals surface area contributed by atoms with Gasteiger partial charge in [-0.2, -0.15) is 0 Å². The summed E-state index contributed by atoms with van der Waals surface area (Å²) in [6, 6.07) is 7.39. The molecule has 0 bridgehead atoms. The number of hydrogen-bond acceptors (Lipinski definition) is 3. The predicted molar refractivity (Wildman–Crippen MR) is 65.7 cm³/mol. The van der Waals surface area contributed by atoms with Gasteiger partial charge in [-0.15, -0.1) is 0 Å². The minimum Gasteiger partial charge on any atom is -0.492 e. The number of ether oxygens (including phenoxy) is 2. The zero-order chi connectivity index (χ0) is 12.5. The van der Waals surface area contributed by atoms with Crippen molar-refractivity contribution in [3.63, 3.8) is 0 Å². The Morgan fingerprint density at radius 1 is 1.29 bits per heavy atom. The molecule has 0 unspecified atom stereocenters. The van der Waals surface area contributed by atoms with E-state index in [4.69, 9.17) is 9.47 Å². The lowest BCUT2D eigenvalue weighted by Crippen LogP contribution is -2.00. The summed E-state index contributed by atoms with van der Waals surface area (Å²) in [6.45, 7) is 4.75. The number of carbonyl (C=O) groups is 1. The summed E-state index contributed by atoms with van der Waals surface area (Å²) in [5.74, 6) is 5.37. The molecule has 3 heteroatoms. The van der Waals surface area contributed by atoms with E-state index in [9.17, 15) is 4.79 Å². The molecule has 0 aliphatic rings. The first-order valence-corrected chi connectivity index (χ1v) is 5.68. The van der Waals surface area contributed by atoms with Crippen molar-refractivity contribution in [2.75, 3.05) is 13.2 Å². The SMILES string of the molecule is CCCOc1ccccc1C#CC(=O)OCC. The minimum absolute atomic E-state index is 0.335. The van der Waals surface area contributed by atoms with Crippen LogP contribution < -0.4 is 4.74 Å². The van der Waals surface area contributed by atoms with Crippen LogP contribution in [0.2, 0.25) is 0 Å². The largest absolute Gasteiger partial charge is 0.492 e. The molecule has 0 saturated carbocycles. The van der Waals surface area contributed by atoms with E-state index >= 15 is 0 Å². The van der Waals surface area contributed by atoms with Crippen LogP contribution in [0.4, 0.5) is 0 Å². The Morgan fingerprint density at radius 2 is 2.06 bits per heavy atom. The zero-order valence-corrected chi connectivity index (χ0v) is 10.2. The second-order valence-electron chi connectivity index (χ2n) is 3.32. The van der Waals surface area contributed by atoms with Gasteiger partial charge in [0.05, 0.1) is 18.8 Å². The number of rotatable bonds is 4. The number of benzene rings is 1. The first kappa shape index (κ1) is 13.1. The standard InChI is InChI=1S/C14H16O3/c1-3-11-17-13-8-6-5-7-12(13)9-10-14(15)16-4-2/h5-8H,3-4,11H2,1-2H3. The van der Waals surface area contributed by atoms with Gasteiger partial charge >= 0.3 is 5.97 Å². The molecule has 1 aromatic carbocycles. The third kappa shape index (κ3) is 4.60. The molecule has 0 fully saturated rings. The van der Waals surface area contributed by atoms with E-state index in [1.165, 1.54) is 0 Å². The Morgan fingerprint density at radius 3 is 2.76 bits per heavy atom. The Balaban J connectivity index is 2.78. The molecule has 0 aliphatic heterocycles. The molecular formula is C14H16O3. The van der Waals surface area contributed by atoms with Crippen molar-refractivity contribution in [2.24, 2.45) is 0 Å². The third-order valence-corrected chi connectivity index (χ3v) is 1.92. The number of esters is 1. The lowest BCUT2D eigenvalue weighted by atomic mass is 10.2. The Bertz CT molecular complexity index is 427. The highest BCUT2D eigenvalue weighted by Gasteiger charge is 2.00. The van der Waals surface area contributed by atoms with Crippen LogP contribution >= 0.6 is 0 Å². The van der Waals surface area contributed by atoms with Gasteiger partial charge in [-0.3, -0.25) is 0 Å². The average Bonchev–Trinajstić information content (AvgIpc) is 2.35. The summed E-state index contributed by atoms with van der Waals surface area (Å²) in [6.07, 6.45) is 0.930. The lowest BCUT2D eigenvalue weighted by Gasteiger charge is -2.05. The van der Waals surface area contributed by atoms with E-state index in [-0.39, 0.29) is 0 Å². The van der Waals surface area contributed by atoms with Crippen molar-refractivity contribution in [3.05, 3.63) is 29.8 Å². The maximum atomic E-state index is 11.1. The molecule has 17 heavy (non-hydrogen) atoms. The molecule has 3 nitrogen and oxygen atoms in total. The maximum absolute atomic E-state index is 11.1. The molecule has 0 amide bonds. The fourth-order valence-electron chi connectivity index (χ4n) is 1.19. The predicted octanol–water partition coefficient (Wildman–Crippen LogP) is 2.39. The van der Waals surface area contributed by atoms with Crippen LogP contribution in [0.3, 0.4) is 0 Å². The topological polar surface area (TPSA) is 35.5 Å². The molecule has 1 rings (SSSR count). The molecular weight excluding hydrogens is 216 g/mol. The van der Waals surface area contributed by atoms with Crippen LogP contribution in [0.25, 0.3) is 0 Å². The second kappa shape index (κ2) is 7.34. The molecule has 1 aromatic rings. The van der Waals surface area contributed by atoms with E-state index in [1.807, 2.05) is 31.2 Å². The van der Waals surface area contributed by atoms with Gasteiger partial charge in [-0.25, -0.2) is 4.79 Å². The van der Waals surface area contributed by atoms with Crippen molar-refractivity contribution in [3.8, 4) is 17.6 Å². The quantitative estimate of drug-likeness (QED) is 0.590. The Kier molecular flexibility index (Phi) is 5.67. The number of hydrogen-bond donors (Lipinski definition) is 0. The van der Waals surface area contributed by atoms with Crippen LogP contribution in [0.1, 0.15) is 25.8 Å². The van der Waals surface area contributed by atoms with Crippen molar-refractivity contribution in [2.45, 2.75) is 20.3 Å². The summed E-state index contributed by atoms with van der Waals surface area (Å²) >= 11 is 0. The fourth-order valence-corrected chi connectivity index (χ4v) is 1.19. The molecule has 0 aliphatic carbocycles. The first-order valence-electron chi connectivity index (χ1n) is 5.68. The fraction of sp³-hybridized carbons (Fsp3) is 0.357. The zero-order valence-electron chi connectivity index (χ0n) is 10.2. The highest BCUT2D eigenvalue weighted by molar-refractivity contribution is 5.89. The Hall–Kier alpha value is -1.95. The number of carbonyl (C=O) groups excluding carboxylic acids is 1. The molecule has 0 N–H and O–H groups in total. The van der Waals surface area contributed by atoms with E-state index < -0.39 is 5.97 Å². The average molecular weight is 232 g/mol. The normalized spacial score (nSPS) is 9.06. The van der Waals surface area contributed by atoms with Crippen LogP contribution in [0, 0.1) is 11.8 Å². The van der Waals surface area contributed by atoms with Gasteiger partial charge in [0.1, 0.15) is 5.75 Å². The molecule has 0 saturated heterocycles. The van der Waals surface area contributed by atoms with Gasteiger partial charge in [-0.1, -0.05) is 25.0 Å². The van der Waals surface area contributed by atoms with Crippen molar-refractivity contribution in [1.29, 1.82) is 0 Å². The summed E-state index contributed by atoms with van der Waals surface area (Å²) in [4.78, 5) is 11.1. The van der Waals surface area contributed by atoms with Gasteiger partial charge in [0.25, 0.3) is 0 Å². The maximum Gasteiger partial charge on any atom is 0.384 e. The van der Waals surface area contributed by atoms with E-state index in [0.717, 1.165) is 6.42 Å². The first-order chi connectivity index (χ1) is 8.27. The second-order valence-corrected chi connectivity index (χ2v) is 3.32. The molecule has 90 valence electrons. The molecule has 0 spiro atoms. The van der Waals surface area contributed by atoms with E-state index in [2.05, 4.69) is 11.8 Å². The Labute approximate surface area is 102 Å². The van der Waals surface area contributed by atoms with Gasteiger partial charge in [-0.05, 0) is 25.5 Å². The van der Waals surface area contributed by atoms with Crippen LogP contribution in [0.5, 0.6) is 5.75 Å². The van der Waals surface area contributed by atoms with Crippen molar-refractivity contribution >= 4 is 5.97 Å². The van der Waals surface area contributed by atoms with Gasteiger partial charge in [0.15, 0.2) is 0 Å².